The van der Waals surface area contributed by atoms with E-state index < -0.39 is 0 Å². The van der Waals surface area contributed by atoms with Crippen molar-refractivity contribution in [2.24, 2.45) is 11.3 Å². The molecule has 2 rings (SSSR count). The maximum atomic E-state index is 6.11. The lowest BCUT2D eigenvalue weighted by atomic mass is 9.69. The van der Waals surface area contributed by atoms with Crippen LogP contribution in [-0.2, 0) is 6.42 Å². The highest BCUT2D eigenvalue weighted by atomic mass is 15.4. The molecule has 1 aliphatic carbocycles. The van der Waals surface area contributed by atoms with Gasteiger partial charge in [0.2, 0.25) is 0 Å². The molecule has 0 bridgehead atoms. The number of imidazole rings is 1. The zero-order chi connectivity index (χ0) is 14.2. The van der Waals surface area contributed by atoms with E-state index in [4.69, 9.17) is 11.6 Å². The summed E-state index contributed by atoms with van der Waals surface area (Å²) < 4.78 is 1.56. The van der Waals surface area contributed by atoms with E-state index in [0.29, 0.717) is 17.2 Å². The van der Waals surface area contributed by atoms with Gasteiger partial charge in [0.25, 0.3) is 0 Å². The normalized spacial score (nSPS) is 24.6. The molecule has 1 saturated carbocycles. The predicted octanol–water partition coefficient (Wildman–Crippen LogP) is 3.06. The van der Waals surface area contributed by atoms with E-state index in [9.17, 15) is 0 Å². The van der Waals surface area contributed by atoms with Crippen molar-refractivity contribution in [3.63, 3.8) is 0 Å². The summed E-state index contributed by atoms with van der Waals surface area (Å²) in [6, 6.07) is 0. The van der Waals surface area contributed by atoms with Gasteiger partial charge in [-0.1, -0.05) is 27.7 Å². The summed E-state index contributed by atoms with van der Waals surface area (Å²) in [5, 5.41) is 0. The molecule has 1 aromatic rings. The third-order valence-electron chi connectivity index (χ3n) is 4.70. The average Bonchev–Trinajstić information content (AvgIpc) is 2.65. The van der Waals surface area contributed by atoms with Gasteiger partial charge >= 0.3 is 0 Å². The van der Waals surface area contributed by atoms with Crippen LogP contribution in [-0.4, -0.2) is 9.66 Å². The van der Waals surface area contributed by atoms with E-state index in [-0.39, 0.29) is 0 Å². The highest BCUT2D eigenvalue weighted by Gasteiger charge is 2.32. The Hall–Kier alpha value is -1.19. The van der Waals surface area contributed by atoms with Crippen molar-refractivity contribution in [1.82, 2.24) is 9.66 Å². The third kappa shape index (κ3) is 2.72. The molecule has 19 heavy (non-hydrogen) atoms. The molecule has 0 unspecified atom stereocenters. The predicted molar refractivity (Wildman–Crippen MR) is 80.3 cm³/mol. The fourth-order valence-electron chi connectivity index (χ4n) is 3.30. The summed E-state index contributed by atoms with van der Waals surface area (Å²) in [5.41, 5.74) is 7.55. The van der Waals surface area contributed by atoms with Crippen LogP contribution in [0.5, 0.6) is 0 Å². The number of nitrogens with zero attached hydrogens (tertiary/aromatic N) is 2. The van der Waals surface area contributed by atoms with Crippen molar-refractivity contribution < 1.29 is 0 Å². The second-order valence-corrected chi connectivity index (χ2v) is 6.94. The molecule has 108 valence electrons. The Morgan fingerprint density at radius 1 is 1.21 bits per heavy atom. The third-order valence-corrected chi connectivity index (χ3v) is 4.70. The summed E-state index contributed by atoms with van der Waals surface area (Å²) in [6.07, 6.45) is 5.75. The Balaban J connectivity index is 2.10. The summed E-state index contributed by atoms with van der Waals surface area (Å²) in [5.74, 6) is 8.81. The van der Waals surface area contributed by atoms with Gasteiger partial charge in [-0.25, -0.2) is 9.66 Å². The van der Waals surface area contributed by atoms with Gasteiger partial charge in [0.15, 0.2) is 0 Å². The van der Waals surface area contributed by atoms with Crippen LogP contribution in [0.2, 0.25) is 0 Å². The van der Waals surface area contributed by atoms with Crippen molar-refractivity contribution in [3.8, 4) is 0 Å². The minimum Gasteiger partial charge on any atom is -0.382 e. The summed E-state index contributed by atoms with van der Waals surface area (Å²) >= 11 is 0. The molecule has 0 amide bonds. The summed E-state index contributed by atoms with van der Waals surface area (Å²) in [6.45, 7) is 9.09. The SMILES string of the molecule is CCc1nc(C2CCC(C(C)(C)C)CC2)c(N)n1N. The minimum absolute atomic E-state index is 0.415. The van der Waals surface area contributed by atoms with Crippen molar-refractivity contribution in [2.45, 2.75) is 65.7 Å². The number of nitrogens with two attached hydrogens (primary N) is 2. The Bertz CT molecular complexity index is 434. The molecule has 1 aliphatic rings. The molecule has 0 radical (unpaired) electrons. The Morgan fingerprint density at radius 2 is 1.79 bits per heavy atom. The summed E-state index contributed by atoms with van der Waals surface area (Å²) in [4.78, 5) is 4.65. The smallest absolute Gasteiger partial charge is 0.146 e. The van der Waals surface area contributed by atoms with Crippen molar-refractivity contribution >= 4 is 5.82 Å². The van der Waals surface area contributed by atoms with Gasteiger partial charge in [-0.3, -0.25) is 0 Å². The molecule has 1 heterocycles. The van der Waals surface area contributed by atoms with Crippen LogP contribution in [0.4, 0.5) is 5.82 Å². The molecule has 1 fully saturated rings. The largest absolute Gasteiger partial charge is 0.382 e. The molecule has 0 aliphatic heterocycles. The van der Waals surface area contributed by atoms with E-state index in [0.717, 1.165) is 23.9 Å². The Morgan fingerprint density at radius 3 is 2.21 bits per heavy atom. The zero-order valence-electron chi connectivity index (χ0n) is 12.7. The van der Waals surface area contributed by atoms with Gasteiger partial charge < -0.3 is 11.6 Å². The van der Waals surface area contributed by atoms with Crippen LogP contribution in [0.3, 0.4) is 0 Å². The molecule has 0 atom stereocenters. The Labute approximate surface area is 116 Å². The molecule has 0 spiro atoms. The highest BCUT2D eigenvalue weighted by molar-refractivity contribution is 5.41. The van der Waals surface area contributed by atoms with Gasteiger partial charge in [-0.2, -0.15) is 0 Å². The van der Waals surface area contributed by atoms with Crippen LogP contribution >= 0.6 is 0 Å². The highest BCUT2D eigenvalue weighted by Crippen LogP contribution is 2.43. The Kier molecular flexibility index (Phi) is 3.79. The van der Waals surface area contributed by atoms with Crippen molar-refractivity contribution in [1.29, 1.82) is 0 Å². The molecular formula is C15H28N4. The number of aryl methyl sites for hydroxylation is 1. The number of anilines is 1. The van der Waals surface area contributed by atoms with E-state index in [1.54, 1.807) is 4.68 Å². The first-order valence-corrected chi connectivity index (χ1v) is 7.46. The van der Waals surface area contributed by atoms with Gasteiger partial charge in [0, 0.05) is 12.3 Å². The maximum absolute atomic E-state index is 6.11. The van der Waals surface area contributed by atoms with E-state index in [1.165, 1.54) is 25.7 Å². The lowest BCUT2D eigenvalue weighted by molar-refractivity contribution is 0.168. The summed E-state index contributed by atoms with van der Waals surface area (Å²) in [7, 11) is 0. The van der Waals surface area contributed by atoms with Crippen LogP contribution in [0.15, 0.2) is 0 Å². The fraction of sp³-hybridized carbons (Fsp3) is 0.800. The van der Waals surface area contributed by atoms with Crippen LogP contribution in [0, 0.1) is 11.3 Å². The van der Waals surface area contributed by atoms with Gasteiger partial charge in [0.1, 0.15) is 11.6 Å². The van der Waals surface area contributed by atoms with Gasteiger partial charge in [-0.05, 0) is 37.0 Å². The first-order valence-electron chi connectivity index (χ1n) is 7.46. The maximum Gasteiger partial charge on any atom is 0.146 e. The van der Waals surface area contributed by atoms with Crippen LogP contribution in [0.25, 0.3) is 0 Å². The van der Waals surface area contributed by atoms with E-state index in [2.05, 4.69) is 32.7 Å². The molecule has 0 saturated heterocycles. The first-order chi connectivity index (χ1) is 8.84. The lowest BCUT2D eigenvalue weighted by Gasteiger charge is -2.36. The van der Waals surface area contributed by atoms with Crippen molar-refractivity contribution in [3.05, 3.63) is 11.5 Å². The van der Waals surface area contributed by atoms with Crippen LogP contribution in [0.1, 0.15) is 70.8 Å². The molecule has 1 aromatic heterocycles. The lowest BCUT2D eigenvalue weighted by Crippen LogP contribution is -2.25. The molecular weight excluding hydrogens is 236 g/mol. The number of rotatable bonds is 2. The molecule has 4 nitrogen and oxygen atoms in total. The van der Waals surface area contributed by atoms with E-state index >= 15 is 0 Å². The van der Waals surface area contributed by atoms with Gasteiger partial charge in [0.05, 0.1) is 5.69 Å². The minimum atomic E-state index is 0.415. The number of aromatic nitrogens is 2. The van der Waals surface area contributed by atoms with Crippen LogP contribution < -0.4 is 11.6 Å². The topological polar surface area (TPSA) is 69.9 Å². The quantitative estimate of drug-likeness (QED) is 0.806. The number of hydrogen-bond acceptors (Lipinski definition) is 3. The second kappa shape index (κ2) is 5.06. The number of hydrogen-bond donors (Lipinski definition) is 2. The zero-order valence-corrected chi connectivity index (χ0v) is 12.7. The van der Waals surface area contributed by atoms with Crippen molar-refractivity contribution in [2.75, 3.05) is 11.6 Å². The second-order valence-electron chi connectivity index (χ2n) is 6.94. The molecule has 0 aromatic carbocycles. The number of nitrogen functional groups attached to an aromatic ring is 2. The average molecular weight is 264 g/mol. The standard InChI is InChI=1S/C15H28N4/c1-5-12-18-13(14(16)19(12)17)10-6-8-11(9-7-10)15(2,3)4/h10-11H,5-9,16-17H2,1-4H3. The fourth-order valence-corrected chi connectivity index (χ4v) is 3.30. The first kappa shape index (κ1) is 14.2. The monoisotopic (exact) mass is 264 g/mol. The van der Waals surface area contributed by atoms with Gasteiger partial charge in [-0.15, -0.1) is 0 Å². The molecule has 4 heteroatoms. The van der Waals surface area contributed by atoms with E-state index in [1.807, 2.05) is 0 Å². The molecule has 4 N–H and O–H groups in total.